The lowest BCUT2D eigenvalue weighted by Crippen LogP contribution is -1.99. The number of nitrogens with one attached hydrogen (secondary N) is 1. The molecule has 0 aliphatic heterocycles. The molecule has 0 saturated carbocycles. The Labute approximate surface area is 136 Å². The zero-order valence-electron chi connectivity index (χ0n) is 13.6. The maximum absolute atomic E-state index is 5.26. The monoisotopic (exact) mass is 304 g/mol. The molecule has 0 saturated heterocycles. The van der Waals surface area contributed by atoms with Crippen molar-refractivity contribution >= 4 is 22.2 Å². The van der Waals surface area contributed by atoms with Gasteiger partial charge in [-0.3, -0.25) is 5.43 Å². The van der Waals surface area contributed by atoms with Crippen LogP contribution in [0.3, 0.4) is 0 Å². The molecule has 3 aromatic carbocycles. The first-order chi connectivity index (χ1) is 11.2. The normalized spacial score (nSPS) is 11.5. The molecule has 0 spiro atoms. The highest BCUT2D eigenvalue weighted by molar-refractivity contribution is 6.02. The average molecular weight is 304 g/mol. The lowest BCUT2D eigenvalue weighted by atomic mass is 10.0. The van der Waals surface area contributed by atoms with E-state index in [9.17, 15) is 0 Å². The van der Waals surface area contributed by atoms with Gasteiger partial charge in [-0.1, -0.05) is 30.3 Å². The number of hydrogen-bond acceptors (Lipinski definition) is 3. The van der Waals surface area contributed by atoms with E-state index in [1.54, 1.807) is 7.11 Å². The molecule has 0 heterocycles. The van der Waals surface area contributed by atoms with Crippen molar-refractivity contribution in [2.24, 2.45) is 5.10 Å². The Morgan fingerprint density at radius 1 is 0.957 bits per heavy atom. The van der Waals surface area contributed by atoms with Crippen LogP contribution < -0.4 is 10.2 Å². The Kier molecular flexibility index (Phi) is 4.29. The predicted molar refractivity (Wildman–Crippen MR) is 97.5 cm³/mol. The van der Waals surface area contributed by atoms with Crippen molar-refractivity contribution in [3.63, 3.8) is 0 Å². The molecule has 116 valence electrons. The molecule has 23 heavy (non-hydrogen) atoms. The van der Waals surface area contributed by atoms with Crippen LogP contribution in [0, 0.1) is 6.92 Å². The topological polar surface area (TPSA) is 33.6 Å². The van der Waals surface area contributed by atoms with Crippen molar-refractivity contribution in [3.8, 4) is 5.75 Å². The summed E-state index contributed by atoms with van der Waals surface area (Å²) >= 11 is 0. The highest BCUT2D eigenvalue weighted by Gasteiger charge is 2.02. The third kappa shape index (κ3) is 3.51. The number of methoxy groups -OCH3 is 1. The number of anilines is 1. The number of rotatable bonds is 4. The van der Waals surface area contributed by atoms with Crippen LogP contribution in [-0.4, -0.2) is 12.8 Å². The van der Waals surface area contributed by atoms with Crippen molar-refractivity contribution in [1.29, 1.82) is 0 Å². The van der Waals surface area contributed by atoms with E-state index in [0.717, 1.165) is 28.1 Å². The first-order valence-electron chi connectivity index (χ1n) is 7.61. The molecule has 0 amide bonds. The Morgan fingerprint density at radius 3 is 2.52 bits per heavy atom. The van der Waals surface area contributed by atoms with E-state index in [1.165, 1.54) is 10.9 Å². The molecule has 0 unspecified atom stereocenters. The van der Waals surface area contributed by atoms with Crippen molar-refractivity contribution in [1.82, 2.24) is 0 Å². The van der Waals surface area contributed by atoms with E-state index >= 15 is 0 Å². The molecule has 0 aliphatic carbocycles. The van der Waals surface area contributed by atoms with E-state index in [1.807, 2.05) is 31.2 Å². The van der Waals surface area contributed by atoms with Crippen LogP contribution in [0.5, 0.6) is 5.75 Å². The van der Waals surface area contributed by atoms with Crippen LogP contribution in [-0.2, 0) is 0 Å². The van der Waals surface area contributed by atoms with Crippen molar-refractivity contribution in [2.45, 2.75) is 13.8 Å². The zero-order chi connectivity index (χ0) is 16.2. The third-order valence-corrected chi connectivity index (χ3v) is 3.84. The van der Waals surface area contributed by atoms with Gasteiger partial charge >= 0.3 is 0 Å². The van der Waals surface area contributed by atoms with Gasteiger partial charge in [0, 0.05) is 0 Å². The second-order valence-electron chi connectivity index (χ2n) is 5.61. The van der Waals surface area contributed by atoms with E-state index < -0.39 is 0 Å². The highest BCUT2D eigenvalue weighted by atomic mass is 16.5. The molecule has 3 aromatic rings. The number of hydrazone groups is 1. The number of hydrogen-bond donors (Lipinski definition) is 1. The van der Waals surface area contributed by atoms with Gasteiger partial charge in [0.25, 0.3) is 0 Å². The van der Waals surface area contributed by atoms with Crippen LogP contribution in [0.1, 0.15) is 18.1 Å². The number of nitrogens with zero attached hydrogens (tertiary/aromatic N) is 1. The average Bonchev–Trinajstić information content (AvgIpc) is 2.58. The van der Waals surface area contributed by atoms with E-state index in [-0.39, 0.29) is 0 Å². The first-order valence-corrected chi connectivity index (χ1v) is 7.61. The van der Waals surface area contributed by atoms with Crippen molar-refractivity contribution < 1.29 is 4.74 Å². The standard InChI is InChI=1S/C20H20N2O/c1-14-5-4-6-19(11-14)22-21-15(2)16-7-8-18-13-20(23-3)10-9-17(18)12-16/h4-13,22H,1-3H3. The maximum atomic E-state index is 5.26. The zero-order valence-corrected chi connectivity index (χ0v) is 13.6. The molecular formula is C20H20N2O. The number of fused-ring (bicyclic) bond motifs is 1. The Morgan fingerprint density at radius 2 is 1.74 bits per heavy atom. The van der Waals surface area contributed by atoms with E-state index in [4.69, 9.17) is 4.74 Å². The molecule has 0 atom stereocenters. The summed E-state index contributed by atoms with van der Waals surface area (Å²) in [6.07, 6.45) is 0. The SMILES string of the molecule is COc1ccc2cc(C(C)=NNc3cccc(C)c3)ccc2c1. The molecule has 3 heteroatoms. The van der Waals surface area contributed by atoms with Crippen molar-refractivity contribution in [3.05, 3.63) is 71.8 Å². The van der Waals surface area contributed by atoms with E-state index in [2.05, 4.69) is 53.8 Å². The molecule has 3 rings (SSSR count). The molecule has 0 bridgehead atoms. The fraction of sp³-hybridized carbons (Fsp3) is 0.150. The van der Waals surface area contributed by atoms with Gasteiger partial charge in [0.1, 0.15) is 5.75 Å². The molecule has 0 aromatic heterocycles. The minimum Gasteiger partial charge on any atom is -0.497 e. The Balaban J connectivity index is 1.85. The van der Waals surface area contributed by atoms with Crippen LogP contribution in [0.4, 0.5) is 5.69 Å². The Bertz CT molecular complexity index is 868. The lowest BCUT2D eigenvalue weighted by Gasteiger charge is -2.07. The highest BCUT2D eigenvalue weighted by Crippen LogP contribution is 2.22. The van der Waals surface area contributed by atoms with Crippen LogP contribution >= 0.6 is 0 Å². The summed E-state index contributed by atoms with van der Waals surface area (Å²) in [5, 5.41) is 6.82. The second-order valence-corrected chi connectivity index (χ2v) is 5.61. The smallest absolute Gasteiger partial charge is 0.119 e. The molecule has 0 fully saturated rings. The van der Waals surface area contributed by atoms with Gasteiger partial charge in [-0.25, -0.2) is 0 Å². The minimum atomic E-state index is 0.872. The van der Waals surface area contributed by atoms with Gasteiger partial charge < -0.3 is 4.74 Å². The lowest BCUT2D eigenvalue weighted by molar-refractivity contribution is 0.415. The maximum Gasteiger partial charge on any atom is 0.119 e. The predicted octanol–water partition coefficient (Wildman–Crippen LogP) is 4.99. The van der Waals surface area contributed by atoms with Crippen molar-refractivity contribution in [2.75, 3.05) is 12.5 Å². The Hall–Kier alpha value is -2.81. The fourth-order valence-electron chi connectivity index (χ4n) is 2.50. The van der Waals surface area contributed by atoms with Gasteiger partial charge in [0.15, 0.2) is 0 Å². The number of benzene rings is 3. The number of ether oxygens (including phenoxy) is 1. The molecule has 0 radical (unpaired) electrons. The van der Waals surface area contributed by atoms with Gasteiger partial charge in [-0.2, -0.15) is 5.10 Å². The number of aryl methyl sites for hydroxylation is 1. The van der Waals surface area contributed by atoms with Gasteiger partial charge in [0.05, 0.1) is 18.5 Å². The van der Waals surface area contributed by atoms with Crippen LogP contribution in [0.25, 0.3) is 10.8 Å². The first kappa shape index (κ1) is 15.1. The second kappa shape index (κ2) is 6.53. The van der Waals surface area contributed by atoms with Gasteiger partial charge in [-0.15, -0.1) is 0 Å². The molecule has 3 nitrogen and oxygen atoms in total. The molecular weight excluding hydrogens is 284 g/mol. The van der Waals surface area contributed by atoms with Crippen LogP contribution in [0.2, 0.25) is 0 Å². The summed E-state index contributed by atoms with van der Waals surface area (Å²) < 4.78 is 5.26. The quantitative estimate of drug-likeness (QED) is 0.544. The summed E-state index contributed by atoms with van der Waals surface area (Å²) in [4.78, 5) is 0. The molecule has 1 N–H and O–H groups in total. The summed E-state index contributed by atoms with van der Waals surface area (Å²) in [5.74, 6) is 0.872. The summed E-state index contributed by atoms with van der Waals surface area (Å²) in [5.41, 5.74) is 7.37. The summed E-state index contributed by atoms with van der Waals surface area (Å²) in [6.45, 7) is 4.08. The largest absolute Gasteiger partial charge is 0.497 e. The van der Waals surface area contributed by atoms with Crippen LogP contribution in [0.15, 0.2) is 65.8 Å². The fourth-order valence-corrected chi connectivity index (χ4v) is 2.50. The third-order valence-electron chi connectivity index (χ3n) is 3.84. The van der Waals surface area contributed by atoms with E-state index in [0.29, 0.717) is 0 Å². The van der Waals surface area contributed by atoms with Gasteiger partial charge in [0.2, 0.25) is 0 Å². The summed E-state index contributed by atoms with van der Waals surface area (Å²) in [6, 6.07) is 20.6. The molecule has 0 aliphatic rings. The summed E-state index contributed by atoms with van der Waals surface area (Å²) in [7, 11) is 1.68. The minimum absolute atomic E-state index is 0.872. The van der Waals surface area contributed by atoms with Gasteiger partial charge in [-0.05, 0) is 66.1 Å².